The van der Waals surface area contributed by atoms with E-state index in [1.165, 1.54) is 23.9 Å². The zero-order valence-corrected chi connectivity index (χ0v) is 10.5. The predicted octanol–water partition coefficient (Wildman–Crippen LogP) is 3.88. The van der Waals surface area contributed by atoms with Gasteiger partial charge in [-0.1, -0.05) is 18.2 Å². The van der Waals surface area contributed by atoms with E-state index in [0.29, 0.717) is 10.6 Å². The van der Waals surface area contributed by atoms with Crippen LogP contribution in [0.5, 0.6) is 0 Å². The minimum absolute atomic E-state index is 0.464. The zero-order valence-electron chi connectivity index (χ0n) is 9.70. The van der Waals surface area contributed by atoms with Gasteiger partial charge >= 0.3 is 0 Å². The molecule has 0 radical (unpaired) electrons. The lowest BCUT2D eigenvalue weighted by molar-refractivity contribution is 0.565. The van der Waals surface area contributed by atoms with E-state index in [1.807, 2.05) is 24.3 Å². The van der Waals surface area contributed by atoms with Crippen LogP contribution in [-0.2, 0) is 6.42 Å². The van der Waals surface area contributed by atoms with Gasteiger partial charge in [-0.25, -0.2) is 8.78 Å². The molecule has 0 aromatic heterocycles. The van der Waals surface area contributed by atoms with Gasteiger partial charge in [-0.15, -0.1) is 11.8 Å². The molecule has 0 fully saturated rings. The number of para-hydroxylation sites is 1. The highest BCUT2D eigenvalue weighted by molar-refractivity contribution is 7.99. The second kappa shape index (κ2) is 5.87. The van der Waals surface area contributed by atoms with Crippen LogP contribution in [0.1, 0.15) is 5.56 Å². The number of halogens is 2. The molecule has 0 unspecified atom stereocenters. The Balaban J connectivity index is 1.95. The van der Waals surface area contributed by atoms with E-state index >= 15 is 0 Å². The minimum Gasteiger partial charge on any atom is -0.399 e. The number of anilines is 1. The number of nitrogen functional groups attached to an aromatic ring is 1. The summed E-state index contributed by atoms with van der Waals surface area (Å²) in [6.07, 6.45) is 0.758. The van der Waals surface area contributed by atoms with Crippen LogP contribution in [0, 0.1) is 11.6 Å². The Morgan fingerprint density at radius 3 is 2.56 bits per heavy atom. The Kier molecular flexibility index (Phi) is 4.20. The lowest BCUT2D eigenvalue weighted by Gasteiger charge is -2.06. The van der Waals surface area contributed by atoms with E-state index in [4.69, 9.17) is 5.73 Å². The second-order valence-electron chi connectivity index (χ2n) is 3.87. The van der Waals surface area contributed by atoms with E-state index in [-0.39, 0.29) is 0 Å². The molecule has 0 aliphatic heterocycles. The molecule has 2 aromatic rings. The van der Waals surface area contributed by atoms with Gasteiger partial charge in [-0.2, -0.15) is 0 Å². The molecule has 0 amide bonds. The van der Waals surface area contributed by atoms with Crippen LogP contribution in [0.2, 0.25) is 0 Å². The lowest BCUT2D eigenvalue weighted by Crippen LogP contribution is -1.96. The third-order valence-electron chi connectivity index (χ3n) is 2.58. The zero-order chi connectivity index (χ0) is 13.0. The predicted molar refractivity (Wildman–Crippen MR) is 71.6 cm³/mol. The fraction of sp³-hybridized carbons (Fsp3) is 0.143. The summed E-state index contributed by atoms with van der Waals surface area (Å²) in [5.41, 5.74) is 7.61. The van der Waals surface area contributed by atoms with Crippen molar-refractivity contribution < 1.29 is 8.78 Å². The van der Waals surface area contributed by atoms with Gasteiger partial charge in [-0.05, 0) is 30.2 Å². The third-order valence-corrected chi connectivity index (χ3v) is 3.63. The number of thioether (sulfide) groups is 1. The summed E-state index contributed by atoms with van der Waals surface area (Å²) in [6, 6.07) is 11.2. The largest absolute Gasteiger partial charge is 0.399 e. The van der Waals surface area contributed by atoms with Gasteiger partial charge in [0.2, 0.25) is 0 Å². The maximum Gasteiger partial charge on any atom is 0.139 e. The van der Waals surface area contributed by atoms with Crippen molar-refractivity contribution in [2.45, 2.75) is 11.3 Å². The normalized spacial score (nSPS) is 10.6. The first kappa shape index (κ1) is 12.9. The summed E-state index contributed by atoms with van der Waals surface area (Å²) < 4.78 is 26.1. The van der Waals surface area contributed by atoms with Crippen LogP contribution in [0.3, 0.4) is 0 Å². The lowest BCUT2D eigenvalue weighted by atomic mass is 10.1. The molecule has 4 heteroatoms. The molecule has 18 heavy (non-hydrogen) atoms. The molecular weight excluding hydrogens is 252 g/mol. The van der Waals surface area contributed by atoms with Crippen molar-refractivity contribution in [3.63, 3.8) is 0 Å². The van der Waals surface area contributed by atoms with Crippen molar-refractivity contribution >= 4 is 17.4 Å². The topological polar surface area (TPSA) is 26.0 Å². The Bertz CT molecular complexity index is 543. The summed E-state index contributed by atoms with van der Waals surface area (Å²) in [6.45, 7) is 0. The molecule has 2 N–H and O–H groups in total. The fourth-order valence-electron chi connectivity index (χ4n) is 1.63. The molecule has 0 bridgehead atoms. The molecule has 2 aromatic carbocycles. The molecule has 0 aliphatic carbocycles. The van der Waals surface area contributed by atoms with Crippen LogP contribution in [0.15, 0.2) is 47.4 Å². The highest BCUT2D eigenvalue weighted by Crippen LogP contribution is 2.24. The van der Waals surface area contributed by atoms with Gasteiger partial charge in [-0.3, -0.25) is 0 Å². The molecular formula is C14H13F2NS. The Morgan fingerprint density at radius 2 is 1.83 bits per heavy atom. The van der Waals surface area contributed by atoms with Crippen molar-refractivity contribution in [3.8, 4) is 0 Å². The molecule has 0 saturated carbocycles. The van der Waals surface area contributed by atoms with E-state index in [2.05, 4.69) is 0 Å². The molecule has 0 aliphatic rings. The van der Waals surface area contributed by atoms with Crippen LogP contribution in [0.4, 0.5) is 14.5 Å². The second-order valence-corrected chi connectivity index (χ2v) is 5.01. The number of hydrogen-bond donors (Lipinski definition) is 1. The molecule has 1 nitrogen and oxygen atoms in total. The molecule has 2 rings (SSSR count). The van der Waals surface area contributed by atoms with Crippen molar-refractivity contribution in [3.05, 3.63) is 59.7 Å². The van der Waals surface area contributed by atoms with Crippen molar-refractivity contribution in [2.24, 2.45) is 0 Å². The van der Waals surface area contributed by atoms with E-state index in [0.717, 1.165) is 23.7 Å². The SMILES string of the molecule is Nc1ccccc1CCSc1ccc(F)cc1F. The average Bonchev–Trinajstić information content (AvgIpc) is 2.34. The Labute approximate surface area is 109 Å². The average molecular weight is 265 g/mol. The summed E-state index contributed by atoms with van der Waals surface area (Å²) in [4.78, 5) is 0.464. The highest BCUT2D eigenvalue weighted by atomic mass is 32.2. The molecule has 0 spiro atoms. The van der Waals surface area contributed by atoms with Gasteiger partial charge in [0, 0.05) is 22.4 Å². The maximum atomic E-state index is 13.4. The van der Waals surface area contributed by atoms with Crippen LogP contribution >= 0.6 is 11.8 Å². The van der Waals surface area contributed by atoms with Gasteiger partial charge in [0.25, 0.3) is 0 Å². The van der Waals surface area contributed by atoms with Crippen LogP contribution < -0.4 is 5.73 Å². The summed E-state index contributed by atoms with van der Waals surface area (Å²) in [5.74, 6) is -0.360. The monoisotopic (exact) mass is 265 g/mol. The highest BCUT2D eigenvalue weighted by Gasteiger charge is 2.05. The summed E-state index contributed by atoms with van der Waals surface area (Å²) in [7, 11) is 0. The first-order valence-corrected chi connectivity index (χ1v) is 6.56. The van der Waals surface area contributed by atoms with Crippen molar-refractivity contribution in [1.82, 2.24) is 0 Å². The number of nitrogens with two attached hydrogens (primary N) is 1. The van der Waals surface area contributed by atoms with Crippen molar-refractivity contribution in [2.75, 3.05) is 11.5 Å². The molecule has 0 atom stereocenters. The van der Waals surface area contributed by atoms with Gasteiger partial charge in [0.05, 0.1) is 0 Å². The van der Waals surface area contributed by atoms with Crippen molar-refractivity contribution in [1.29, 1.82) is 0 Å². The van der Waals surface area contributed by atoms with Gasteiger partial charge in [0.1, 0.15) is 11.6 Å². The standard InChI is InChI=1S/C14H13F2NS/c15-11-5-6-14(12(16)9-11)18-8-7-10-3-1-2-4-13(10)17/h1-6,9H,7-8,17H2. The van der Waals surface area contributed by atoms with Crippen LogP contribution in [-0.4, -0.2) is 5.75 Å². The number of rotatable bonds is 4. The fourth-order valence-corrected chi connectivity index (χ4v) is 2.53. The molecule has 94 valence electrons. The quantitative estimate of drug-likeness (QED) is 0.670. The van der Waals surface area contributed by atoms with Gasteiger partial charge in [0.15, 0.2) is 0 Å². The number of hydrogen-bond acceptors (Lipinski definition) is 2. The van der Waals surface area contributed by atoms with E-state index in [1.54, 1.807) is 0 Å². The summed E-state index contributed by atoms with van der Waals surface area (Å²) in [5, 5.41) is 0. The molecule has 0 heterocycles. The third kappa shape index (κ3) is 3.23. The molecule has 0 saturated heterocycles. The smallest absolute Gasteiger partial charge is 0.139 e. The van der Waals surface area contributed by atoms with E-state index < -0.39 is 11.6 Å². The Hall–Kier alpha value is -1.55. The number of aryl methyl sites for hydroxylation is 1. The summed E-state index contributed by atoms with van der Waals surface area (Å²) >= 11 is 1.36. The number of benzene rings is 2. The van der Waals surface area contributed by atoms with E-state index in [9.17, 15) is 8.78 Å². The van der Waals surface area contributed by atoms with Gasteiger partial charge < -0.3 is 5.73 Å². The Morgan fingerprint density at radius 1 is 1.06 bits per heavy atom. The maximum absolute atomic E-state index is 13.4. The first-order chi connectivity index (χ1) is 8.66. The first-order valence-electron chi connectivity index (χ1n) is 5.58. The van der Waals surface area contributed by atoms with Crippen LogP contribution in [0.25, 0.3) is 0 Å². The minimum atomic E-state index is -0.552.